The number of alkyl halides is 1. The van der Waals surface area contributed by atoms with E-state index in [-0.39, 0.29) is 0 Å². The number of aryl methyl sites for hydroxylation is 1. The maximum absolute atomic E-state index is 3.53. The van der Waals surface area contributed by atoms with Crippen LogP contribution in [0.1, 0.15) is 31.4 Å². The third-order valence-electron chi connectivity index (χ3n) is 4.25. The number of benzene rings is 1. The summed E-state index contributed by atoms with van der Waals surface area (Å²) in [6.07, 6.45) is 1.29. The molecule has 0 amide bonds. The summed E-state index contributed by atoms with van der Waals surface area (Å²) in [5.74, 6) is 0. The molecule has 0 saturated carbocycles. The van der Waals surface area contributed by atoms with E-state index < -0.39 is 0 Å². The van der Waals surface area contributed by atoms with Gasteiger partial charge in [0.15, 0.2) is 0 Å². The van der Waals surface area contributed by atoms with Crippen LogP contribution in [0.15, 0.2) is 18.2 Å². The van der Waals surface area contributed by atoms with Crippen LogP contribution in [0.25, 0.3) is 0 Å². The average molecular weight is 325 g/mol. The second-order valence-corrected chi connectivity index (χ2v) is 5.92. The molecule has 1 unspecified atom stereocenters. The van der Waals surface area contributed by atoms with Gasteiger partial charge in [0.2, 0.25) is 0 Å². The van der Waals surface area contributed by atoms with Crippen LogP contribution in [-0.2, 0) is 5.33 Å². The Balaban J connectivity index is 2.08. The third kappa shape index (κ3) is 3.32. The maximum Gasteiger partial charge on any atom is 0.0396 e. The lowest BCUT2D eigenvalue weighted by molar-refractivity contribution is 0.232. The Morgan fingerprint density at radius 3 is 2.63 bits per heavy atom. The minimum Gasteiger partial charge on any atom is -0.370 e. The smallest absolute Gasteiger partial charge is 0.0396 e. The minimum absolute atomic E-state index is 0.727. The summed E-state index contributed by atoms with van der Waals surface area (Å²) in [5.41, 5.74) is 4.18. The zero-order chi connectivity index (χ0) is 13.8. The number of nitrogens with zero attached hydrogens (tertiary/aromatic N) is 2. The fraction of sp³-hybridized carbons (Fsp3) is 0.625. The molecule has 0 aliphatic carbocycles. The van der Waals surface area contributed by atoms with Crippen LogP contribution in [0.3, 0.4) is 0 Å². The highest BCUT2D eigenvalue weighted by Crippen LogP contribution is 2.27. The molecule has 19 heavy (non-hydrogen) atoms. The topological polar surface area (TPSA) is 6.48 Å². The Kier molecular flexibility index (Phi) is 5.28. The van der Waals surface area contributed by atoms with Gasteiger partial charge < -0.3 is 4.90 Å². The van der Waals surface area contributed by atoms with E-state index in [1.165, 1.54) is 36.3 Å². The lowest BCUT2D eigenvalue weighted by Crippen LogP contribution is -2.37. The standard InChI is InChI=1S/C16H25BrN2/c1-4-18(5-2)15-8-9-19(12-15)16-7-6-14(11-17)10-13(16)3/h6-7,10,15H,4-5,8-9,11-12H2,1-3H3. The molecule has 0 aromatic heterocycles. The Morgan fingerprint density at radius 1 is 1.32 bits per heavy atom. The fourth-order valence-electron chi connectivity index (χ4n) is 3.15. The zero-order valence-corrected chi connectivity index (χ0v) is 13.9. The first kappa shape index (κ1) is 14.9. The molecule has 1 aromatic rings. The molecule has 1 atom stereocenters. The fourth-order valence-corrected chi connectivity index (χ4v) is 3.50. The van der Waals surface area contributed by atoms with Gasteiger partial charge in [-0.2, -0.15) is 0 Å². The number of likely N-dealkylation sites (N-methyl/N-ethyl adjacent to an activating group) is 1. The summed E-state index contributed by atoms with van der Waals surface area (Å²) in [6, 6.07) is 7.55. The van der Waals surface area contributed by atoms with Gasteiger partial charge in [-0.25, -0.2) is 0 Å². The molecule has 0 radical (unpaired) electrons. The number of hydrogen-bond donors (Lipinski definition) is 0. The van der Waals surface area contributed by atoms with Crippen LogP contribution >= 0.6 is 15.9 Å². The van der Waals surface area contributed by atoms with Crippen molar-refractivity contribution >= 4 is 21.6 Å². The molecular formula is C16H25BrN2. The quantitative estimate of drug-likeness (QED) is 0.760. The highest BCUT2D eigenvalue weighted by molar-refractivity contribution is 9.08. The first-order valence-electron chi connectivity index (χ1n) is 7.34. The van der Waals surface area contributed by atoms with Crippen molar-refractivity contribution in [1.82, 2.24) is 4.90 Å². The number of anilines is 1. The van der Waals surface area contributed by atoms with Crippen molar-refractivity contribution in [2.45, 2.75) is 38.6 Å². The van der Waals surface area contributed by atoms with Crippen LogP contribution in [0.5, 0.6) is 0 Å². The highest BCUT2D eigenvalue weighted by atomic mass is 79.9. The van der Waals surface area contributed by atoms with Crippen molar-refractivity contribution in [3.8, 4) is 0 Å². The summed E-state index contributed by atoms with van der Waals surface area (Å²) >= 11 is 3.53. The molecular weight excluding hydrogens is 300 g/mol. The van der Waals surface area contributed by atoms with E-state index in [2.05, 4.69) is 64.7 Å². The lowest BCUT2D eigenvalue weighted by Gasteiger charge is -2.27. The zero-order valence-electron chi connectivity index (χ0n) is 12.3. The molecule has 1 saturated heterocycles. The monoisotopic (exact) mass is 324 g/mol. The van der Waals surface area contributed by atoms with Crippen molar-refractivity contribution in [2.75, 3.05) is 31.1 Å². The van der Waals surface area contributed by atoms with Gasteiger partial charge in [0.25, 0.3) is 0 Å². The van der Waals surface area contributed by atoms with E-state index in [0.717, 1.165) is 24.5 Å². The van der Waals surface area contributed by atoms with Crippen molar-refractivity contribution in [3.05, 3.63) is 29.3 Å². The van der Waals surface area contributed by atoms with Gasteiger partial charge in [-0.05, 0) is 43.6 Å². The van der Waals surface area contributed by atoms with Crippen molar-refractivity contribution in [1.29, 1.82) is 0 Å². The predicted octanol–water partition coefficient (Wildman–Crippen LogP) is 3.81. The Morgan fingerprint density at radius 2 is 2.05 bits per heavy atom. The largest absolute Gasteiger partial charge is 0.370 e. The van der Waals surface area contributed by atoms with Gasteiger partial charge in [0.1, 0.15) is 0 Å². The molecule has 0 bridgehead atoms. The summed E-state index contributed by atoms with van der Waals surface area (Å²) in [4.78, 5) is 5.14. The summed E-state index contributed by atoms with van der Waals surface area (Å²) in [7, 11) is 0. The van der Waals surface area contributed by atoms with Crippen LogP contribution in [0.4, 0.5) is 5.69 Å². The van der Waals surface area contributed by atoms with E-state index in [4.69, 9.17) is 0 Å². The molecule has 1 heterocycles. The van der Waals surface area contributed by atoms with E-state index in [0.29, 0.717) is 0 Å². The number of hydrogen-bond acceptors (Lipinski definition) is 2. The molecule has 0 N–H and O–H groups in total. The van der Waals surface area contributed by atoms with Gasteiger partial charge in [-0.15, -0.1) is 0 Å². The minimum atomic E-state index is 0.727. The normalized spacial score (nSPS) is 19.4. The van der Waals surface area contributed by atoms with Gasteiger partial charge in [0, 0.05) is 30.1 Å². The van der Waals surface area contributed by atoms with Crippen LogP contribution in [-0.4, -0.2) is 37.1 Å². The van der Waals surface area contributed by atoms with Crippen molar-refractivity contribution in [3.63, 3.8) is 0 Å². The average Bonchev–Trinajstić information content (AvgIpc) is 2.89. The maximum atomic E-state index is 3.53. The van der Waals surface area contributed by atoms with E-state index in [1.807, 2.05) is 0 Å². The van der Waals surface area contributed by atoms with E-state index in [1.54, 1.807) is 0 Å². The van der Waals surface area contributed by atoms with Crippen LogP contribution in [0, 0.1) is 6.92 Å². The first-order valence-corrected chi connectivity index (χ1v) is 8.46. The molecule has 1 aliphatic rings. The van der Waals surface area contributed by atoms with Crippen LogP contribution in [0.2, 0.25) is 0 Å². The SMILES string of the molecule is CCN(CC)C1CCN(c2ccc(CBr)cc2C)C1. The third-order valence-corrected chi connectivity index (χ3v) is 4.90. The first-order chi connectivity index (χ1) is 9.19. The number of halogens is 1. The Labute approximate surface area is 125 Å². The van der Waals surface area contributed by atoms with Gasteiger partial charge in [0.05, 0.1) is 0 Å². The van der Waals surface area contributed by atoms with E-state index in [9.17, 15) is 0 Å². The van der Waals surface area contributed by atoms with Gasteiger partial charge in [-0.3, -0.25) is 4.90 Å². The Bertz CT molecular complexity index is 415. The summed E-state index contributed by atoms with van der Waals surface area (Å²) in [5, 5.41) is 0.941. The van der Waals surface area contributed by atoms with Gasteiger partial charge in [-0.1, -0.05) is 41.9 Å². The molecule has 3 heteroatoms. The number of rotatable bonds is 5. The Hall–Kier alpha value is -0.540. The van der Waals surface area contributed by atoms with E-state index >= 15 is 0 Å². The molecule has 106 valence electrons. The van der Waals surface area contributed by atoms with Gasteiger partial charge >= 0.3 is 0 Å². The lowest BCUT2D eigenvalue weighted by atomic mass is 10.1. The highest BCUT2D eigenvalue weighted by Gasteiger charge is 2.26. The van der Waals surface area contributed by atoms with Crippen molar-refractivity contribution < 1.29 is 0 Å². The predicted molar refractivity (Wildman–Crippen MR) is 87.3 cm³/mol. The summed E-state index contributed by atoms with van der Waals surface area (Å²) < 4.78 is 0. The second kappa shape index (κ2) is 6.76. The van der Waals surface area contributed by atoms with Crippen LogP contribution < -0.4 is 4.90 Å². The molecule has 1 aliphatic heterocycles. The van der Waals surface area contributed by atoms with Crippen molar-refractivity contribution in [2.24, 2.45) is 0 Å². The second-order valence-electron chi connectivity index (χ2n) is 5.36. The molecule has 1 aromatic carbocycles. The summed E-state index contributed by atoms with van der Waals surface area (Å²) in [6.45, 7) is 11.5. The molecule has 2 nitrogen and oxygen atoms in total. The molecule has 1 fully saturated rings. The molecule has 0 spiro atoms. The molecule has 2 rings (SSSR count).